The molecule has 0 aliphatic rings. The lowest BCUT2D eigenvalue weighted by atomic mass is 10.1. The van der Waals surface area contributed by atoms with Crippen LogP contribution in [0.4, 0.5) is 0 Å². The lowest BCUT2D eigenvalue weighted by molar-refractivity contribution is 0.276. The molecule has 3 heteroatoms. The van der Waals surface area contributed by atoms with E-state index in [4.69, 9.17) is 9.84 Å². The molecule has 1 unspecified atom stereocenters. The van der Waals surface area contributed by atoms with Crippen molar-refractivity contribution in [3.05, 3.63) is 29.3 Å². The molecule has 0 aromatic heterocycles. The molecule has 0 saturated heterocycles. The van der Waals surface area contributed by atoms with E-state index in [0.29, 0.717) is 6.04 Å². The van der Waals surface area contributed by atoms with Crippen molar-refractivity contribution in [3.63, 3.8) is 0 Å². The number of methoxy groups -OCH3 is 1. The molecule has 0 aliphatic heterocycles. The second-order valence-electron chi connectivity index (χ2n) is 4.46. The van der Waals surface area contributed by atoms with E-state index in [9.17, 15) is 0 Å². The van der Waals surface area contributed by atoms with Crippen LogP contribution in [0.1, 0.15) is 30.9 Å². The third-order valence-corrected chi connectivity index (χ3v) is 2.87. The molecule has 3 nitrogen and oxygen atoms in total. The van der Waals surface area contributed by atoms with Crippen LogP contribution in [0.15, 0.2) is 18.2 Å². The highest BCUT2D eigenvalue weighted by Gasteiger charge is 2.05. The van der Waals surface area contributed by atoms with E-state index in [1.807, 2.05) is 6.07 Å². The normalized spacial score (nSPS) is 12.5. The lowest BCUT2D eigenvalue weighted by Crippen LogP contribution is -2.25. The maximum atomic E-state index is 8.77. The summed E-state index contributed by atoms with van der Waals surface area (Å²) in [4.78, 5) is 0. The molecule has 0 aliphatic carbocycles. The van der Waals surface area contributed by atoms with E-state index in [2.05, 4.69) is 31.3 Å². The van der Waals surface area contributed by atoms with Crippen molar-refractivity contribution in [2.45, 2.75) is 39.3 Å². The van der Waals surface area contributed by atoms with Crippen LogP contribution >= 0.6 is 0 Å². The number of aliphatic hydroxyl groups excluding tert-OH is 1. The fourth-order valence-electron chi connectivity index (χ4n) is 1.83. The minimum absolute atomic E-state index is 0.264. The summed E-state index contributed by atoms with van der Waals surface area (Å²) in [6.45, 7) is 5.29. The van der Waals surface area contributed by atoms with Gasteiger partial charge in [-0.1, -0.05) is 17.7 Å². The molecule has 1 aromatic rings. The van der Waals surface area contributed by atoms with Crippen LogP contribution in [0.2, 0.25) is 0 Å². The average molecular weight is 237 g/mol. The first kappa shape index (κ1) is 14.0. The number of aryl methyl sites for hydroxylation is 1. The summed E-state index contributed by atoms with van der Waals surface area (Å²) in [5.41, 5.74) is 2.42. The van der Waals surface area contributed by atoms with E-state index < -0.39 is 0 Å². The standard InChI is InChI=1S/C14H23NO2/c1-11-6-7-14(17-3)13(9-11)10-15-12(2)5-4-8-16/h6-7,9,12,15-16H,4-5,8,10H2,1-3H3. The topological polar surface area (TPSA) is 41.5 Å². The molecular weight excluding hydrogens is 214 g/mol. The highest BCUT2D eigenvalue weighted by molar-refractivity contribution is 5.36. The van der Waals surface area contributed by atoms with Gasteiger partial charge in [0.25, 0.3) is 0 Å². The highest BCUT2D eigenvalue weighted by Crippen LogP contribution is 2.19. The number of aliphatic hydroxyl groups is 1. The van der Waals surface area contributed by atoms with E-state index in [1.165, 1.54) is 11.1 Å². The van der Waals surface area contributed by atoms with Crippen molar-refractivity contribution in [1.82, 2.24) is 5.32 Å². The van der Waals surface area contributed by atoms with Crippen LogP contribution in [0.25, 0.3) is 0 Å². The second-order valence-corrected chi connectivity index (χ2v) is 4.46. The van der Waals surface area contributed by atoms with Gasteiger partial charge in [-0.15, -0.1) is 0 Å². The first-order valence-corrected chi connectivity index (χ1v) is 6.15. The molecule has 0 saturated carbocycles. The summed E-state index contributed by atoms with van der Waals surface area (Å²) in [6.07, 6.45) is 1.84. The van der Waals surface area contributed by atoms with Crippen molar-refractivity contribution in [2.24, 2.45) is 0 Å². The minimum Gasteiger partial charge on any atom is -0.496 e. The Bertz CT molecular complexity index is 339. The fourth-order valence-corrected chi connectivity index (χ4v) is 1.83. The van der Waals surface area contributed by atoms with Crippen molar-refractivity contribution in [2.75, 3.05) is 13.7 Å². The van der Waals surface area contributed by atoms with Crippen molar-refractivity contribution in [1.29, 1.82) is 0 Å². The van der Waals surface area contributed by atoms with Crippen molar-refractivity contribution in [3.8, 4) is 5.75 Å². The number of hydrogen-bond donors (Lipinski definition) is 2. The van der Waals surface area contributed by atoms with Gasteiger partial charge in [0.05, 0.1) is 7.11 Å². The molecule has 1 rings (SSSR count). The zero-order valence-corrected chi connectivity index (χ0v) is 11.0. The number of rotatable bonds is 7. The van der Waals surface area contributed by atoms with E-state index in [0.717, 1.165) is 25.1 Å². The Morgan fingerprint density at radius 3 is 2.82 bits per heavy atom. The van der Waals surface area contributed by atoms with Crippen molar-refractivity contribution >= 4 is 0 Å². The van der Waals surface area contributed by atoms with Crippen LogP contribution in [0.3, 0.4) is 0 Å². The van der Waals surface area contributed by atoms with Crippen LogP contribution in [-0.2, 0) is 6.54 Å². The predicted molar refractivity (Wildman–Crippen MR) is 70.4 cm³/mol. The largest absolute Gasteiger partial charge is 0.496 e. The molecule has 1 atom stereocenters. The molecule has 0 fully saturated rings. The molecule has 2 N–H and O–H groups in total. The van der Waals surface area contributed by atoms with Crippen LogP contribution in [0, 0.1) is 6.92 Å². The van der Waals surface area contributed by atoms with Gasteiger partial charge in [-0.2, -0.15) is 0 Å². The Morgan fingerprint density at radius 1 is 1.41 bits per heavy atom. The Hall–Kier alpha value is -1.06. The maximum absolute atomic E-state index is 8.77. The number of ether oxygens (including phenoxy) is 1. The Balaban J connectivity index is 2.52. The fraction of sp³-hybridized carbons (Fsp3) is 0.571. The molecule has 0 spiro atoms. The summed E-state index contributed by atoms with van der Waals surface area (Å²) in [5, 5.41) is 12.2. The first-order chi connectivity index (χ1) is 8.17. The SMILES string of the molecule is COc1ccc(C)cc1CNC(C)CCCO. The smallest absolute Gasteiger partial charge is 0.123 e. The third kappa shape index (κ3) is 4.75. The lowest BCUT2D eigenvalue weighted by Gasteiger charge is -2.15. The van der Waals surface area contributed by atoms with Gasteiger partial charge in [0.15, 0.2) is 0 Å². The molecule has 1 aromatic carbocycles. The molecule has 96 valence electrons. The summed E-state index contributed by atoms with van der Waals surface area (Å²) >= 11 is 0. The van der Waals surface area contributed by atoms with Gasteiger partial charge in [0.2, 0.25) is 0 Å². The van der Waals surface area contributed by atoms with E-state index >= 15 is 0 Å². The van der Waals surface area contributed by atoms with Gasteiger partial charge in [-0.25, -0.2) is 0 Å². The summed E-state index contributed by atoms with van der Waals surface area (Å²) in [6, 6.07) is 6.61. The quantitative estimate of drug-likeness (QED) is 0.764. The highest BCUT2D eigenvalue weighted by atomic mass is 16.5. The average Bonchev–Trinajstić information content (AvgIpc) is 2.34. The molecule has 17 heavy (non-hydrogen) atoms. The van der Waals surface area contributed by atoms with Crippen LogP contribution < -0.4 is 10.1 Å². The minimum atomic E-state index is 0.264. The Morgan fingerprint density at radius 2 is 2.18 bits per heavy atom. The number of nitrogens with one attached hydrogen (secondary N) is 1. The molecule has 0 heterocycles. The Kier molecular flexibility index (Phi) is 6.01. The number of benzene rings is 1. The molecule has 0 amide bonds. The van der Waals surface area contributed by atoms with Crippen LogP contribution in [-0.4, -0.2) is 24.9 Å². The molecular formula is C14H23NO2. The summed E-state index contributed by atoms with van der Waals surface area (Å²) in [7, 11) is 1.70. The van der Waals surface area contributed by atoms with Crippen molar-refractivity contribution < 1.29 is 9.84 Å². The van der Waals surface area contributed by atoms with Crippen LogP contribution in [0.5, 0.6) is 5.75 Å². The van der Waals surface area contributed by atoms with Gasteiger partial charge in [-0.05, 0) is 32.8 Å². The monoisotopic (exact) mass is 237 g/mol. The summed E-state index contributed by atoms with van der Waals surface area (Å²) < 4.78 is 5.33. The number of hydrogen-bond acceptors (Lipinski definition) is 3. The zero-order valence-electron chi connectivity index (χ0n) is 11.0. The van der Waals surface area contributed by atoms with Gasteiger partial charge in [0, 0.05) is 24.8 Å². The maximum Gasteiger partial charge on any atom is 0.123 e. The Labute approximate surface area is 104 Å². The zero-order chi connectivity index (χ0) is 12.7. The second kappa shape index (κ2) is 7.30. The predicted octanol–water partition coefficient (Wildman–Crippen LogP) is 2.25. The van der Waals surface area contributed by atoms with Gasteiger partial charge < -0.3 is 15.2 Å². The molecule has 0 radical (unpaired) electrons. The van der Waals surface area contributed by atoms with Gasteiger partial charge in [-0.3, -0.25) is 0 Å². The van der Waals surface area contributed by atoms with E-state index in [-0.39, 0.29) is 6.61 Å². The van der Waals surface area contributed by atoms with Gasteiger partial charge in [0.1, 0.15) is 5.75 Å². The van der Waals surface area contributed by atoms with Gasteiger partial charge >= 0.3 is 0 Å². The van der Waals surface area contributed by atoms with E-state index in [1.54, 1.807) is 7.11 Å². The summed E-state index contributed by atoms with van der Waals surface area (Å²) in [5.74, 6) is 0.928. The first-order valence-electron chi connectivity index (χ1n) is 6.15. The third-order valence-electron chi connectivity index (χ3n) is 2.87. The molecule has 0 bridgehead atoms.